The van der Waals surface area contributed by atoms with Crippen LogP contribution in [-0.2, 0) is 26.2 Å². The predicted octanol–water partition coefficient (Wildman–Crippen LogP) is 8.32. The number of nitrogens with zero attached hydrogens (tertiary/aromatic N) is 4. The van der Waals surface area contributed by atoms with Gasteiger partial charge in [0.05, 0.1) is 43.1 Å². The van der Waals surface area contributed by atoms with Gasteiger partial charge in [0.2, 0.25) is 5.91 Å². The monoisotopic (exact) mass is 793 g/mol. The van der Waals surface area contributed by atoms with E-state index < -0.39 is 5.79 Å². The maximum atomic E-state index is 13.1. The van der Waals surface area contributed by atoms with Crippen LogP contribution in [0.4, 0.5) is 17.2 Å². The first-order chi connectivity index (χ1) is 27.8. The van der Waals surface area contributed by atoms with Crippen molar-refractivity contribution < 1.29 is 23.7 Å². The van der Waals surface area contributed by atoms with Crippen LogP contribution in [0.2, 0.25) is 0 Å². The first kappa shape index (κ1) is 40.4. The molecule has 2 aromatic heterocycles. The molecule has 0 spiro atoms. The molecule has 8 rings (SSSR count). The van der Waals surface area contributed by atoms with Crippen LogP contribution in [0.1, 0.15) is 103 Å². The molecule has 12 heteroatoms. The van der Waals surface area contributed by atoms with Gasteiger partial charge in [0, 0.05) is 55.8 Å². The first-order valence-corrected chi connectivity index (χ1v) is 21.3. The molecule has 4 aliphatic rings. The number of methoxy groups -OCH3 is 2. The number of ether oxygens (including phenoxy) is 4. The molecule has 1 amide bonds. The molecule has 3 saturated carbocycles. The maximum Gasteiger partial charge on any atom is 0.224 e. The van der Waals surface area contributed by atoms with Crippen molar-refractivity contribution >= 4 is 34.1 Å². The van der Waals surface area contributed by atoms with Gasteiger partial charge in [-0.1, -0.05) is 33.3 Å². The summed E-state index contributed by atoms with van der Waals surface area (Å²) in [4.78, 5) is 25.3. The average molecular weight is 794 g/mol. The number of nitrogen functional groups attached to an aromatic ring is 1. The fourth-order valence-corrected chi connectivity index (χ4v) is 9.66. The summed E-state index contributed by atoms with van der Waals surface area (Å²) in [6.07, 6.45) is 12.3. The van der Waals surface area contributed by atoms with Gasteiger partial charge in [-0.2, -0.15) is 0 Å². The van der Waals surface area contributed by atoms with Gasteiger partial charge >= 0.3 is 0 Å². The molecular weight excluding hydrogens is 731 g/mol. The quantitative estimate of drug-likeness (QED) is 0.101. The topological polar surface area (TPSA) is 138 Å². The van der Waals surface area contributed by atoms with Crippen LogP contribution in [-0.4, -0.2) is 76.7 Å². The van der Waals surface area contributed by atoms with Gasteiger partial charge in [-0.05, 0) is 106 Å². The highest BCUT2D eigenvalue weighted by Gasteiger charge is 2.55. The van der Waals surface area contributed by atoms with Crippen LogP contribution in [0.5, 0.6) is 11.5 Å². The van der Waals surface area contributed by atoms with E-state index in [1.54, 1.807) is 20.5 Å². The molecule has 4 fully saturated rings. The van der Waals surface area contributed by atoms with E-state index in [9.17, 15) is 4.79 Å². The Morgan fingerprint density at radius 1 is 0.983 bits per heavy atom. The standard InChI is InChI=1S/C46H63N7O5/c1-45(2,3)32-13-15-36(47)37(22-32)51-40(54)16-11-29-19-33(20-29)52(25-28-9-8-10-28)26-31-21-38(42-41(31)57-46(4,5)58-42)53-18-17-35-43(49-27-50-44(35)53)48-24-30-12-14-34(55-6)23-39(30)56-7/h12-15,17-18,22-23,27-29,31,33,38,41-42H,8-11,16,19-21,24-26,47H2,1-7H3,(H,51,54)(H,48,49,50)/t29-,31-,33+,38-,41-,42+/m1/s1. The van der Waals surface area contributed by atoms with E-state index in [0.29, 0.717) is 42.2 Å². The minimum absolute atomic E-state index is 0.00731. The lowest BCUT2D eigenvalue weighted by Gasteiger charge is -2.46. The molecule has 4 N–H and O–H groups in total. The molecule has 0 unspecified atom stereocenters. The summed E-state index contributed by atoms with van der Waals surface area (Å²) in [5.74, 6) is 3.30. The molecule has 1 aliphatic heterocycles. The Hall–Kier alpha value is -4.39. The third-order valence-corrected chi connectivity index (χ3v) is 13.2. The number of hydrogen-bond acceptors (Lipinski definition) is 10. The zero-order valence-corrected chi connectivity index (χ0v) is 35.4. The van der Waals surface area contributed by atoms with Crippen LogP contribution in [0.25, 0.3) is 11.0 Å². The van der Waals surface area contributed by atoms with E-state index in [-0.39, 0.29) is 29.6 Å². The lowest BCUT2D eigenvalue weighted by atomic mass is 9.75. The highest BCUT2D eigenvalue weighted by atomic mass is 16.8. The molecule has 0 bridgehead atoms. The minimum Gasteiger partial charge on any atom is -0.497 e. The lowest BCUT2D eigenvalue weighted by molar-refractivity contribution is -0.161. The summed E-state index contributed by atoms with van der Waals surface area (Å²) in [7, 11) is 3.32. The van der Waals surface area contributed by atoms with E-state index in [2.05, 4.69) is 58.1 Å². The highest BCUT2D eigenvalue weighted by molar-refractivity contribution is 5.94. The molecule has 3 heterocycles. The van der Waals surface area contributed by atoms with Gasteiger partial charge in [0.25, 0.3) is 0 Å². The Bertz CT molecular complexity index is 2080. The summed E-state index contributed by atoms with van der Waals surface area (Å²) in [6, 6.07) is 14.5. The number of nitrogens with one attached hydrogen (secondary N) is 2. The Morgan fingerprint density at radius 2 is 1.78 bits per heavy atom. The van der Waals surface area contributed by atoms with E-state index >= 15 is 0 Å². The van der Waals surface area contributed by atoms with E-state index in [4.69, 9.17) is 29.7 Å². The molecule has 3 aliphatic carbocycles. The second kappa shape index (κ2) is 16.3. The van der Waals surface area contributed by atoms with Crippen molar-refractivity contribution in [2.45, 2.75) is 128 Å². The van der Waals surface area contributed by atoms with Crippen molar-refractivity contribution in [2.75, 3.05) is 43.7 Å². The summed E-state index contributed by atoms with van der Waals surface area (Å²) in [6.45, 7) is 13.2. The fourth-order valence-electron chi connectivity index (χ4n) is 9.66. The summed E-state index contributed by atoms with van der Waals surface area (Å²) in [5, 5.41) is 7.61. The molecule has 0 radical (unpaired) electrons. The van der Waals surface area contributed by atoms with E-state index in [1.807, 2.05) is 50.2 Å². The summed E-state index contributed by atoms with van der Waals surface area (Å²) < 4.78 is 26.8. The number of anilines is 3. The van der Waals surface area contributed by atoms with E-state index in [1.165, 1.54) is 19.3 Å². The number of carbonyl (C=O) groups excluding carboxylic acids is 1. The minimum atomic E-state index is -0.659. The van der Waals surface area contributed by atoms with Gasteiger partial charge in [-0.15, -0.1) is 0 Å². The number of hydrogen-bond donors (Lipinski definition) is 3. The van der Waals surface area contributed by atoms with Crippen LogP contribution in [0.15, 0.2) is 55.0 Å². The maximum absolute atomic E-state index is 13.1. The molecule has 12 nitrogen and oxygen atoms in total. The third kappa shape index (κ3) is 8.51. The highest BCUT2D eigenvalue weighted by Crippen LogP contribution is 2.49. The molecule has 2 aromatic carbocycles. The van der Waals surface area contributed by atoms with Crippen molar-refractivity contribution in [3.8, 4) is 11.5 Å². The number of fused-ring (bicyclic) bond motifs is 2. The number of rotatable bonds is 15. The number of amides is 1. The number of nitrogens with two attached hydrogens (primary N) is 1. The van der Waals surface area contributed by atoms with Crippen LogP contribution >= 0.6 is 0 Å². The molecule has 1 saturated heterocycles. The normalized spacial score (nSPS) is 25.3. The molecule has 4 aromatic rings. The molecule has 4 atom stereocenters. The zero-order chi connectivity index (χ0) is 40.8. The van der Waals surface area contributed by atoms with Crippen molar-refractivity contribution in [3.63, 3.8) is 0 Å². The van der Waals surface area contributed by atoms with E-state index in [0.717, 1.165) is 84.2 Å². The summed E-state index contributed by atoms with van der Waals surface area (Å²) >= 11 is 0. The van der Waals surface area contributed by atoms with Gasteiger partial charge in [-0.25, -0.2) is 9.97 Å². The van der Waals surface area contributed by atoms with Crippen molar-refractivity contribution in [3.05, 3.63) is 66.1 Å². The van der Waals surface area contributed by atoms with Crippen LogP contribution in [0.3, 0.4) is 0 Å². The fraction of sp³-hybridized carbons (Fsp3) is 0.587. The van der Waals surface area contributed by atoms with Crippen molar-refractivity contribution in [1.82, 2.24) is 19.4 Å². The Morgan fingerprint density at radius 3 is 2.50 bits per heavy atom. The smallest absolute Gasteiger partial charge is 0.224 e. The van der Waals surface area contributed by atoms with Crippen LogP contribution in [0, 0.1) is 17.8 Å². The Kier molecular flexibility index (Phi) is 11.4. The average Bonchev–Trinajstić information content (AvgIpc) is 3.82. The Labute approximate surface area is 343 Å². The summed E-state index contributed by atoms with van der Waals surface area (Å²) in [5.41, 5.74) is 10.6. The number of carbonyl (C=O) groups is 1. The second-order valence-electron chi connectivity index (χ2n) is 18.7. The van der Waals surface area contributed by atoms with Crippen molar-refractivity contribution in [2.24, 2.45) is 17.8 Å². The van der Waals surface area contributed by atoms with Gasteiger partial charge in [-0.3, -0.25) is 9.69 Å². The first-order valence-electron chi connectivity index (χ1n) is 21.3. The van der Waals surface area contributed by atoms with Gasteiger partial charge in [0.1, 0.15) is 35.4 Å². The predicted molar refractivity (Wildman–Crippen MR) is 228 cm³/mol. The third-order valence-electron chi connectivity index (χ3n) is 13.2. The lowest BCUT2D eigenvalue weighted by Crippen LogP contribution is -2.50. The molecular formula is C46H63N7O5. The van der Waals surface area contributed by atoms with Crippen molar-refractivity contribution in [1.29, 1.82) is 0 Å². The number of aromatic nitrogens is 3. The molecule has 58 heavy (non-hydrogen) atoms. The Balaban J connectivity index is 0.927. The molecule has 312 valence electrons. The van der Waals surface area contributed by atoms with Gasteiger partial charge < -0.3 is 39.9 Å². The largest absolute Gasteiger partial charge is 0.497 e. The number of benzene rings is 2. The zero-order valence-electron chi connectivity index (χ0n) is 35.4. The van der Waals surface area contributed by atoms with Crippen LogP contribution < -0.4 is 25.8 Å². The SMILES string of the molecule is COc1ccc(CNc2ncnc3c2ccn3[C@@H]2C[C@H](CN(CC3CCC3)[C@H]3C[C@@H](CCC(=O)Nc4cc(C(C)(C)C)ccc4N)C3)[C@H]3OC(C)(C)O[C@H]32)c(OC)c1. The second-order valence-corrected chi connectivity index (χ2v) is 18.7. The van der Waals surface area contributed by atoms with Gasteiger partial charge in [0.15, 0.2) is 5.79 Å².